The minimum Gasteiger partial charge on any atom is -0.363 e. The van der Waals surface area contributed by atoms with Gasteiger partial charge in [0.15, 0.2) is 0 Å². The van der Waals surface area contributed by atoms with E-state index in [9.17, 15) is 18.5 Å². The van der Waals surface area contributed by atoms with Crippen LogP contribution in [-0.4, -0.2) is 39.5 Å². The number of nitro groups is 1. The minimum atomic E-state index is -3.99. The SMILES string of the molecule is Cl.O=[N+]([O-])c1cc(S(=O)(=O)Nc2cccc3ccccc23)ccc1N1CCNCC1. The molecule has 3 aromatic carbocycles. The third-order valence-electron chi connectivity index (χ3n) is 4.95. The highest BCUT2D eigenvalue weighted by molar-refractivity contribution is 7.92. The van der Waals surface area contributed by atoms with Gasteiger partial charge in [0.1, 0.15) is 5.69 Å². The van der Waals surface area contributed by atoms with Gasteiger partial charge in [0, 0.05) is 37.6 Å². The van der Waals surface area contributed by atoms with Crippen LogP contribution in [0, 0.1) is 10.1 Å². The fourth-order valence-electron chi connectivity index (χ4n) is 3.51. The summed E-state index contributed by atoms with van der Waals surface area (Å²) < 4.78 is 28.5. The molecular weight excluding hydrogens is 428 g/mol. The van der Waals surface area contributed by atoms with Gasteiger partial charge in [-0.2, -0.15) is 0 Å². The average molecular weight is 449 g/mol. The second kappa shape index (κ2) is 8.86. The second-order valence-electron chi connectivity index (χ2n) is 6.78. The van der Waals surface area contributed by atoms with Gasteiger partial charge in [-0.25, -0.2) is 8.42 Å². The maximum Gasteiger partial charge on any atom is 0.293 e. The Kier molecular flexibility index (Phi) is 6.45. The maximum atomic E-state index is 13.0. The first kappa shape index (κ1) is 21.8. The van der Waals surface area contributed by atoms with Crippen LogP contribution in [0.2, 0.25) is 0 Å². The van der Waals surface area contributed by atoms with Gasteiger partial charge >= 0.3 is 0 Å². The molecule has 30 heavy (non-hydrogen) atoms. The zero-order valence-electron chi connectivity index (χ0n) is 15.9. The van der Waals surface area contributed by atoms with Crippen molar-refractivity contribution < 1.29 is 13.3 Å². The normalized spacial score (nSPS) is 14.2. The quantitative estimate of drug-likeness (QED) is 0.458. The van der Waals surface area contributed by atoms with Crippen LogP contribution < -0.4 is 14.9 Å². The lowest BCUT2D eigenvalue weighted by atomic mass is 10.1. The molecule has 0 aliphatic carbocycles. The Morgan fingerprint density at radius 2 is 1.70 bits per heavy atom. The van der Waals surface area contributed by atoms with Crippen LogP contribution >= 0.6 is 12.4 Å². The average Bonchev–Trinajstić information content (AvgIpc) is 2.74. The molecule has 0 bridgehead atoms. The number of sulfonamides is 1. The number of halogens is 1. The van der Waals surface area contributed by atoms with Gasteiger partial charge in [-0.05, 0) is 23.6 Å². The number of hydrogen-bond acceptors (Lipinski definition) is 6. The molecule has 8 nitrogen and oxygen atoms in total. The van der Waals surface area contributed by atoms with Crippen LogP contribution in [0.1, 0.15) is 0 Å². The summed E-state index contributed by atoms with van der Waals surface area (Å²) in [5, 5.41) is 16.5. The molecule has 158 valence electrons. The van der Waals surface area contributed by atoms with Crippen LogP contribution in [0.5, 0.6) is 0 Å². The zero-order chi connectivity index (χ0) is 20.4. The number of nitro benzene ring substituents is 1. The molecule has 0 atom stereocenters. The molecular formula is C20H21ClN4O4S. The first-order valence-electron chi connectivity index (χ1n) is 9.20. The topological polar surface area (TPSA) is 105 Å². The summed E-state index contributed by atoms with van der Waals surface area (Å²) >= 11 is 0. The first-order chi connectivity index (χ1) is 14.0. The van der Waals surface area contributed by atoms with Crippen molar-refractivity contribution in [3.63, 3.8) is 0 Å². The lowest BCUT2D eigenvalue weighted by Crippen LogP contribution is -2.43. The molecule has 4 rings (SSSR count). The molecule has 2 N–H and O–H groups in total. The molecule has 1 aliphatic heterocycles. The number of piperazine rings is 1. The van der Waals surface area contributed by atoms with Crippen LogP contribution in [-0.2, 0) is 10.0 Å². The Labute approximate surface area is 180 Å². The third kappa shape index (κ3) is 4.33. The molecule has 1 aliphatic rings. The monoisotopic (exact) mass is 448 g/mol. The van der Waals surface area contributed by atoms with Crippen molar-refractivity contribution in [3.05, 3.63) is 70.8 Å². The fraction of sp³-hybridized carbons (Fsp3) is 0.200. The van der Waals surface area contributed by atoms with Crippen molar-refractivity contribution in [1.82, 2.24) is 5.32 Å². The first-order valence-corrected chi connectivity index (χ1v) is 10.7. The van der Waals surface area contributed by atoms with Crippen LogP contribution in [0.4, 0.5) is 17.1 Å². The van der Waals surface area contributed by atoms with Gasteiger partial charge < -0.3 is 10.2 Å². The Balaban J connectivity index is 0.00000256. The Hall–Kier alpha value is -2.88. The molecule has 0 aromatic heterocycles. The van der Waals surface area contributed by atoms with Crippen molar-refractivity contribution in [3.8, 4) is 0 Å². The molecule has 10 heteroatoms. The van der Waals surface area contributed by atoms with Gasteiger partial charge in [0.25, 0.3) is 15.7 Å². The Morgan fingerprint density at radius 1 is 1.00 bits per heavy atom. The van der Waals surface area contributed by atoms with E-state index >= 15 is 0 Å². The van der Waals surface area contributed by atoms with Crippen molar-refractivity contribution in [2.24, 2.45) is 0 Å². The Morgan fingerprint density at radius 3 is 2.43 bits per heavy atom. The number of nitrogens with one attached hydrogen (secondary N) is 2. The number of hydrogen-bond donors (Lipinski definition) is 2. The van der Waals surface area contributed by atoms with E-state index in [1.54, 1.807) is 12.1 Å². The third-order valence-corrected chi connectivity index (χ3v) is 6.31. The molecule has 1 saturated heterocycles. The van der Waals surface area contributed by atoms with Crippen molar-refractivity contribution >= 4 is 50.3 Å². The lowest BCUT2D eigenvalue weighted by Gasteiger charge is -2.29. The molecule has 3 aromatic rings. The highest BCUT2D eigenvalue weighted by Gasteiger charge is 2.25. The van der Waals surface area contributed by atoms with Crippen LogP contribution in [0.15, 0.2) is 65.6 Å². The number of rotatable bonds is 5. The number of benzene rings is 3. The number of fused-ring (bicyclic) bond motifs is 1. The molecule has 0 saturated carbocycles. The predicted molar refractivity (Wildman–Crippen MR) is 120 cm³/mol. The Bertz CT molecular complexity index is 1180. The van der Waals surface area contributed by atoms with E-state index in [2.05, 4.69) is 10.0 Å². The van der Waals surface area contributed by atoms with Gasteiger partial charge in [-0.1, -0.05) is 36.4 Å². The maximum absolute atomic E-state index is 13.0. The number of anilines is 2. The number of nitrogens with zero attached hydrogens (tertiary/aromatic N) is 2. The summed E-state index contributed by atoms with van der Waals surface area (Å²) in [5.41, 5.74) is 0.644. The summed E-state index contributed by atoms with van der Waals surface area (Å²) in [6.07, 6.45) is 0. The van der Waals surface area contributed by atoms with E-state index in [0.29, 0.717) is 24.5 Å². The highest BCUT2D eigenvalue weighted by atomic mass is 35.5. The van der Waals surface area contributed by atoms with Gasteiger partial charge in [-0.3, -0.25) is 14.8 Å². The van der Waals surface area contributed by atoms with Gasteiger partial charge in [-0.15, -0.1) is 12.4 Å². The molecule has 1 fully saturated rings. The fourth-order valence-corrected chi connectivity index (χ4v) is 4.61. The standard InChI is InChI=1S/C20H20N4O4S.ClH/c25-24(26)20-14-16(8-9-19(20)23-12-10-21-11-13-23)29(27,28)22-18-7-3-5-15-4-1-2-6-17(15)18;/h1-9,14,21-22H,10-13H2;1H. The van der Waals surface area contributed by atoms with Crippen molar-refractivity contribution in [2.75, 3.05) is 35.8 Å². The van der Waals surface area contributed by atoms with Crippen LogP contribution in [0.3, 0.4) is 0 Å². The summed E-state index contributed by atoms with van der Waals surface area (Å²) in [4.78, 5) is 12.8. The van der Waals surface area contributed by atoms with E-state index in [4.69, 9.17) is 0 Å². The molecule has 0 unspecified atom stereocenters. The van der Waals surface area contributed by atoms with E-state index in [0.717, 1.165) is 29.9 Å². The van der Waals surface area contributed by atoms with Crippen molar-refractivity contribution in [1.29, 1.82) is 0 Å². The van der Waals surface area contributed by atoms with Gasteiger partial charge in [0.2, 0.25) is 0 Å². The summed E-state index contributed by atoms with van der Waals surface area (Å²) in [7, 11) is -3.99. The van der Waals surface area contributed by atoms with Crippen molar-refractivity contribution in [2.45, 2.75) is 4.90 Å². The largest absolute Gasteiger partial charge is 0.363 e. The van der Waals surface area contributed by atoms with Crippen LogP contribution in [0.25, 0.3) is 10.8 Å². The summed E-state index contributed by atoms with van der Waals surface area (Å²) in [6.45, 7) is 2.70. The second-order valence-corrected chi connectivity index (χ2v) is 8.46. The van der Waals surface area contributed by atoms with E-state index in [1.807, 2.05) is 35.2 Å². The summed E-state index contributed by atoms with van der Waals surface area (Å²) in [6, 6.07) is 16.8. The smallest absolute Gasteiger partial charge is 0.293 e. The summed E-state index contributed by atoms with van der Waals surface area (Å²) in [5.74, 6) is 0. The molecule has 0 radical (unpaired) electrons. The molecule has 0 amide bonds. The predicted octanol–water partition coefficient (Wildman–Crippen LogP) is 3.38. The lowest BCUT2D eigenvalue weighted by molar-refractivity contribution is -0.384. The van der Waals surface area contributed by atoms with Gasteiger partial charge in [0.05, 0.1) is 15.5 Å². The molecule has 1 heterocycles. The van der Waals surface area contributed by atoms with E-state index in [1.165, 1.54) is 12.1 Å². The minimum absolute atomic E-state index is 0. The highest BCUT2D eigenvalue weighted by Crippen LogP contribution is 2.32. The zero-order valence-corrected chi connectivity index (χ0v) is 17.6. The van der Waals surface area contributed by atoms with E-state index < -0.39 is 14.9 Å². The van der Waals surface area contributed by atoms with E-state index in [-0.39, 0.29) is 23.0 Å². The molecule has 0 spiro atoms.